The standard InChI is InChI=1S/C21H43NO/c1-14(2)16(5)12-17(6)19(23)22-21(10,11)13-20(8,9)18(7)15(3)4/h14-18H,12-13H2,1-11H3,(H,22,23). The van der Waals surface area contributed by atoms with E-state index < -0.39 is 0 Å². The van der Waals surface area contributed by atoms with E-state index in [0.717, 1.165) is 12.8 Å². The summed E-state index contributed by atoms with van der Waals surface area (Å²) in [7, 11) is 0. The number of amides is 1. The topological polar surface area (TPSA) is 29.1 Å². The molecular weight excluding hydrogens is 282 g/mol. The number of carbonyl (C=O) groups is 1. The molecule has 0 aliphatic heterocycles. The highest BCUT2D eigenvalue weighted by molar-refractivity contribution is 5.79. The monoisotopic (exact) mass is 325 g/mol. The molecule has 23 heavy (non-hydrogen) atoms. The fourth-order valence-electron chi connectivity index (χ4n) is 3.64. The van der Waals surface area contributed by atoms with Gasteiger partial charge in [-0.25, -0.2) is 0 Å². The van der Waals surface area contributed by atoms with Crippen LogP contribution in [0.25, 0.3) is 0 Å². The van der Waals surface area contributed by atoms with Crippen molar-refractivity contribution in [3.05, 3.63) is 0 Å². The van der Waals surface area contributed by atoms with Crippen molar-refractivity contribution < 1.29 is 4.79 Å². The van der Waals surface area contributed by atoms with Crippen LogP contribution in [0.5, 0.6) is 0 Å². The van der Waals surface area contributed by atoms with Crippen LogP contribution in [0.2, 0.25) is 0 Å². The zero-order valence-electron chi connectivity index (χ0n) is 17.7. The Hall–Kier alpha value is -0.530. The maximum Gasteiger partial charge on any atom is 0.223 e. The van der Waals surface area contributed by atoms with Crippen LogP contribution in [0.4, 0.5) is 0 Å². The summed E-state index contributed by atoms with van der Waals surface area (Å²) >= 11 is 0. The van der Waals surface area contributed by atoms with Crippen LogP contribution in [-0.4, -0.2) is 11.4 Å². The Morgan fingerprint density at radius 2 is 1.35 bits per heavy atom. The number of hydrogen-bond acceptors (Lipinski definition) is 1. The van der Waals surface area contributed by atoms with Crippen LogP contribution in [-0.2, 0) is 4.79 Å². The summed E-state index contributed by atoms with van der Waals surface area (Å²) in [5, 5.41) is 3.31. The highest BCUT2D eigenvalue weighted by Crippen LogP contribution is 2.39. The highest BCUT2D eigenvalue weighted by atomic mass is 16.2. The summed E-state index contributed by atoms with van der Waals surface area (Å²) in [5.74, 6) is 2.77. The van der Waals surface area contributed by atoms with Crippen molar-refractivity contribution in [3.8, 4) is 0 Å². The summed E-state index contributed by atoms with van der Waals surface area (Å²) in [5.41, 5.74) is 0.0401. The Balaban J connectivity index is 4.76. The Labute approximate surface area is 146 Å². The summed E-state index contributed by atoms with van der Waals surface area (Å²) in [6.45, 7) is 24.7. The molecule has 2 heteroatoms. The van der Waals surface area contributed by atoms with Gasteiger partial charge in [0.15, 0.2) is 0 Å². The van der Waals surface area contributed by atoms with E-state index in [0.29, 0.717) is 23.7 Å². The smallest absolute Gasteiger partial charge is 0.223 e. The first-order chi connectivity index (χ1) is 10.2. The third-order valence-electron chi connectivity index (χ3n) is 5.90. The van der Waals surface area contributed by atoms with Gasteiger partial charge < -0.3 is 5.32 Å². The van der Waals surface area contributed by atoms with Crippen LogP contribution in [0.3, 0.4) is 0 Å². The van der Waals surface area contributed by atoms with Gasteiger partial charge in [-0.3, -0.25) is 4.79 Å². The van der Waals surface area contributed by atoms with Crippen LogP contribution in [0.15, 0.2) is 0 Å². The molecule has 3 atom stereocenters. The van der Waals surface area contributed by atoms with Crippen molar-refractivity contribution in [1.82, 2.24) is 5.32 Å². The van der Waals surface area contributed by atoms with Crippen molar-refractivity contribution in [1.29, 1.82) is 0 Å². The number of nitrogens with one attached hydrogen (secondary N) is 1. The third kappa shape index (κ3) is 7.72. The molecule has 1 amide bonds. The predicted octanol–water partition coefficient (Wildman–Crippen LogP) is 5.91. The number of carbonyl (C=O) groups excluding carboxylic acids is 1. The second-order valence-electron chi connectivity index (χ2n) is 9.93. The Kier molecular flexibility index (Phi) is 8.34. The quantitative estimate of drug-likeness (QED) is 0.561. The molecule has 1 N–H and O–H groups in total. The van der Waals surface area contributed by atoms with Crippen molar-refractivity contribution >= 4 is 5.91 Å². The van der Waals surface area contributed by atoms with E-state index in [-0.39, 0.29) is 22.8 Å². The Morgan fingerprint density at radius 3 is 1.74 bits per heavy atom. The van der Waals surface area contributed by atoms with Gasteiger partial charge in [0.25, 0.3) is 0 Å². The minimum absolute atomic E-state index is 0.0808. The molecule has 0 aromatic carbocycles. The van der Waals surface area contributed by atoms with Gasteiger partial charge in [-0.1, -0.05) is 62.3 Å². The van der Waals surface area contributed by atoms with Gasteiger partial charge in [0.2, 0.25) is 5.91 Å². The van der Waals surface area contributed by atoms with E-state index in [4.69, 9.17) is 0 Å². The van der Waals surface area contributed by atoms with Crippen LogP contribution in [0.1, 0.15) is 89.0 Å². The first-order valence-corrected chi connectivity index (χ1v) is 9.51. The van der Waals surface area contributed by atoms with Gasteiger partial charge >= 0.3 is 0 Å². The first kappa shape index (κ1) is 22.5. The lowest BCUT2D eigenvalue weighted by Crippen LogP contribution is -2.49. The third-order valence-corrected chi connectivity index (χ3v) is 5.90. The van der Waals surface area contributed by atoms with Gasteiger partial charge in [-0.15, -0.1) is 0 Å². The predicted molar refractivity (Wildman–Crippen MR) is 102 cm³/mol. The molecule has 0 aliphatic rings. The molecule has 0 bridgehead atoms. The van der Waals surface area contributed by atoms with E-state index in [9.17, 15) is 4.79 Å². The fourth-order valence-corrected chi connectivity index (χ4v) is 3.64. The maximum atomic E-state index is 12.6. The van der Waals surface area contributed by atoms with E-state index in [1.807, 2.05) is 0 Å². The van der Waals surface area contributed by atoms with Gasteiger partial charge in [-0.05, 0) is 55.8 Å². The zero-order valence-corrected chi connectivity index (χ0v) is 17.7. The molecule has 0 spiro atoms. The van der Waals surface area contributed by atoms with Crippen molar-refractivity contribution in [3.63, 3.8) is 0 Å². The lowest BCUT2D eigenvalue weighted by Gasteiger charge is -2.41. The lowest BCUT2D eigenvalue weighted by molar-refractivity contribution is -0.127. The average molecular weight is 326 g/mol. The van der Waals surface area contributed by atoms with Gasteiger partial charge in [0.05, 0.1) is 0 Å². The average Bonchev–Trinajstić information content (AvgIpc) is 2.35. The number of rotatable bonds is 9. The van der Waals surface area contributed by atoms with Crippen molar-refractivity contribution in [2.45, 2.75) is 94.5 Å². The van der Waals surface area contributed by atoms with Gasteiger partial charge in [-0.2, -0.15) is 0 Å². The summed E-state index contributed by atoms with van der Waals surface area (Å²) in [4.78, 5) is 12.6. The molecule has 2 nitrogen and oxygen atoms in total. The van der Waals surface area contributed by atoms with Crippen LogP contribution < -0.4 is 5.32 Å². The lowest BCUT2D eigenvalue weighted by atomic mass is 9.68. The molecule has 0 aliphatic carbocycles. The minimum Gasteiger partial charge on any atom is -0.351 e. The highest BCUT2D eigenvalue weighted by Gasteiger charge is 2.35. The SMILES string of the molecule is CC(CC(C)C(C)C)C(=O)NC(C)(C)CC(C)(C)C(C)C(C)C. The van der Waals surface area contributed by atoms with Crippen molar-refractivity contribution in [2.75, 3.05) is 0 Å². The second kappa shape index (κ2) is 8.53. The molecule has 0 radical (unpaired) electrons. The van der Waals surface area contributed by atoms with E-state index in [1.54, 1.807) is 0 Å². The minimum atomic E-state index is -0.168. The molecule has 3 unspecified atom stereocenters. The molecule has 0 saturated heterocycles. The number of hydrogen-bond donors (Lipinski definition) is 1. The molecule has 0 saturated carbocycles. The summed E-state index contributed by atoms with van der Waals surface area (Å²) < 4.78 is 0. The molecular formula is C21H43NO. The van der Waals surface area contributed by atoms with E-state index >= 15 is 0 Å². The zero-order chi connectivity index (χ0) is 18.6. The Morgan fingerprint density at radius 1 is 0.870 bits per heavy atom. The molecule has 0 aromatic rings. The summed E-state index contributed by atoms with van der Waals surface area (Å²) in [6, 6.07) is 0. The maximum absolute atomic E-state index is 12.6. The molecule has 138 valence electrons. The van der Waals surface area contributed by atoms with E-state index in [2.05, 4.69) is 81.5 Å². The molecule has 0 rings (SSSR count). The largest absolute Gasteiger partial charge is 0.351 e. The molecule has 0 aromatic heterocycles. The Bertz CT molecular complexity index is 368. The molecule has 0 fully saturated rings. The van der Waals surface area contributed by atoms with Crippen LogP contribution in [0, 0.1) is 35.0 Å². The van der Waals surface area contributed by atoms with E-state index in [1.165, 1.54) is 0 Å². The fraction of sp³-hybridized carbons (Fsp3) is 0.952. The van der Waals surface area contributed by atoms with Crippen molar-refractivity contribution in [2.24, 2.45) is 35.0 Å². The molecule has 0 heterocycles. The van der Waals surface area contributed by atoms with Gasteiger partial charge in [0.1, 0.15) is 0 Å². The normalized spacial score (nSPS) is 17.3. The first-order valence-electron chi connectivity index (χ1n) is 9.51. The van der Waals surface area contributed by atoms with Crippen LogP contribution >= 0.6 is 0 Å². The van der Waals surface area contributed by atoms with Gasteiger partial charge in [0, 0.05) is 11.5 Å². The summed E-state index contributed by atoms with van der Waals surface area (Å²) in [6.07, 6.45) is 1.96. The second-order valence-corrected chi connectivity index (χ2v) is 9.93.